The van der Waals surface area contributed by atoms with Crippen LogP contribution in [0.5, 0.6) is 0 Å². The third kappa shape index (κ3) is 2.03. The minimum absolute atomic E-state index is 0.111. The number of nitrogens with one attached hydrogen (secondary N) is 2. The van der Waals surface area contributed by atoms with E-state index in [0.717, 1.165) is 18.4 Å². The van der Waals surface area contributed by atoms with E-state index in [-0.39, 0.29) is 17.8 Å². The highest BCUT2D eigenvalue weighted by Crippen LogP contribution is 2.37. The lowest BCUT2D eigenvalue weighted by molar-refractivity contribution is -0.117. The molecule has 0 radical (unpaired) electrons. The van der Waals surface area contributed by atoms with E-state index in [4.69, 9.17) is 0 Å². The summed E-state index contributed by atoms with van der Waals surface area (Å²) in [4.78, 5) is 12.1. The van der Waals surface area contributed by atoms with Gasteiger partial charge in [0, 0.05) is 17.3 Å². The molecule has 4 rings (SSSR count). The van der Waals surface area contributed by atoms with Gasteiger partial charge in [0.15, 0.2) is 0 Å². The molecular weight excluding hydrogens is 267 g/mol. The molecule has 0 saturated carbocycles. The van der Waals surface area contributed by atoms with E-state index in [2.05, 4.69) is 22.8 Å². The van der Waals surface area contributed by atoms with E-state index in [1.54, 1.807) is 6.07 Å². The Labute approximate surface area is 122 Å². The molecular formula is C17H15FN2O. The summed E-state index contributed by atoms with van der Waals surface area (Å²) < 4.78 is 13.2. The molecule has 4 heteroatoms. The van der Waals surface area contributed by atoms with Crippen LogP contribution in [0.3, 0.4) is 0 Å². The number of hydrogen-bond acceptors (Lipinski definition) is 2. The topological polar surface area (TPSA) is 41.1 Å². The maximum atomic E-state index is 13.2. The number of benzene rings is 2. The fraction of sp³-hybridized carbons (Fsp3) is 0.235. The van der Waals surface area contributed by atoms with Crippen LogP contribution >= 0.6 is 0 Å². The van der Waals surface area contributed by atoms with E-state index in [9.17, 15) is 9.18 Å². The Hall–Kier alpha value is -2.20. The summed E-state index contributed by atoms with van der Waals surface area (Å²) >= 11 is 0. The van der Waals surface area contributed by atoms with Crippen LogP contribution in [-0.4, -0.2) is 5.91 Å². The van der Waals surface area contributed by atoms with Crippen LogP contribution in [0.25, 0.3) is 0 Å². The Morgan fingerprint density at radius 1 is 1.14 bits per heavy atom. The van der Waals surface area contributed by atoms with Crippen LogP contribution in [-0.2, 0) is 11.2 Å². The normalized spacial score (nSPS) is 22.8. The van der Waals surface area contributed by atoms with Crippen LogP contribution in [0.2, 0.25) is 0 Å². The van der Waals surface area contributed by atoms with Crippen molar-refractivity contribution in [2.45, 2.75) is 24.9 Å². The summed E-state index contributed by atoms with van der Waals surface area (Å²) in [5.41, 5.74) is 4.00. The van der Waals surface area contributed by atoms with Gasteiger partial charge in [0.1, 0.15) is 11.9 Å². The maximum absolute atomic E-state index is 13.2. The molecule has 0 saturated heterocycles. The lowest BCUT2D eigenvalue weighted by atomic mass is 10.0. The first-order valence-electron chi connectivity index (χ1n) is 7.16. The van der Waals surface area contributed by atoms with Crippen molar-refractivity contribution in [1.29, 1.82) is 0 Å². The molecule has 2 atom stereocenters. The van der Waals surface area contributed by atoms with Crippen molar-refractivity contribution in [3.63, 3.8) is 0 Å². The van der Waals surface area contributed by atoms with E-state index in [1.165, 1.54) is 23.3 Å². The van der Waals surface area contributed by atoms with Crippen molar-refractivity contribution in [1.82, 2.24) is 5.32 Å². The number of carbonyl (C=O) groups excluding carboxylic acids is 1. The van der Waals surface area contributed by atoms with Gasteiger partial charge in [0.2, 0.25) is 5.91 Å². The molecule has 3 nitrogen and oxygen atoms in total. The number of carbonyl (C=O) groups is 1. The quantitative estimate of drug-likeness (QED) is 0.888. The van der Waals surface area contributed by atoms with E-state index < -0.39 is 6.04 Å². The number of fused-ring (bicyclic) bond motifs is 2. The second-order valence-corrected chi connectivity index (χ2v) is 5.61. The van der Waals surface area contributed by atoms with Gasteiger partial charge in [-0.05, 0) is 36.1 Å². The summed E-state index contributed by atoms with van der Waals surface area (Å²) in [5, 5.41) is 6.17. The largest absolute Gasteiger partial charge is 0.324 e. The number of rotatable bonds is 2. The summed E-state index contributed by atoms with van der Waals surface area (Å²) in [6.07, 6.45) is 2.01. The Morgan fingerprint density at radius 2 is 2.00 bits per heavy atom. The van der Waals surface area contributed by atoms with Gasteiger partial charge in [-0.1, -0.05) is 30.3 Å². The number of amides is 1. The Kier molecular flexibility index (Phi) is 2.79. The van der Waals surface area contributed by atoms with Gasteiger partial charge in [-0.25, -0.2) is 4.39 Å². The standard InChI is InChI=1S/C17H15FN2O/c18-11-6-7-13-15(9-11)20-17(21)16(13)19-14-8-5-10-3-1-2-4-12(10)14/h1-4,6-7,9,14,16,19H,5,8H2,(H,20,21). The molecule has 1 heterocycles. The zero-order valence-electron chi connectivity index (χ0n) is 11.4. The van der Waals surface area contributed by atoms with Crippen molar-refractivity contribution in [3.05, 3.63) is 65.0 Å². The second kappa shape index (κ2) is 4.67. The molecule has 1 aliphatic heterocycles. The molecule has 21 heavy (non-hydrogen) atoms. The average molecular weight is 282 g/mol. The number of hydrogen-bond donors (Lipinski definition) is 2. The minimum atomic E-state index is -0.406. The zero-order chi connectivity index (χ0) is 14.4. The smallest absolute Gasteiger partial charge is 0.246 e. The first kappa shape index (κ1) is 12.5. The molecule has 1 amide bonds. The summed E-state index contributed by atoms with van der Waals surface area (Å²) in [6.45, 7) is 0. The third-order valence-corrected chi connectivity index (χ3v) is 4.35. The summed E-state index contributed by atoms with van der Waals surface area (Å²) in [6, 6.07) is 12.5. The van der Waals surface area contributed by atoms with Gasteiger partial charge in [0.05, 0.1) is 0 Å². The van der Waals surface area contributed by atoms with Gasteiger partial charge in [0.25, 0.3) is 0 Å². The van der Waals surface area contributed by atoms with Crippen molar-refractivity contribution in [2.24, 2.45) is 0 Å². The highest BCUT2D eigenvalue weighted by atomic mass is 19.1. The molecule has 2 aliphatic rings. The van der Waals surface area contributed by atoms with E-state index in [1.807, 2.05) is 12.1 Å². The predicted octanol–water partition coefficient (Wildman–Crippen LogP) is 3.10. The fourth-order valence-electron chi connectivity index (χ4n) is 3.33. The Morgan fingerprint density at radius 3 is 2.90 bits per heavy atom. The zero-order valence-corrected chi connectivity index (χ0v) is 11.4. The van der Waals surface area contributed by atoms with Gasteiger partial charge < -0.3 is 5.32 Å². The van der Waals surface area contributed by atoms with Crippen LogP contribution in [0, 0.1) is 5.82 Å². The summed E-state index contributed by atoms with van der Waals surface area (Å²) in [5.74, 6) is -0.444. The maximum Gasteiger partial charge on any atom is 0.246 e. The predicted molar refractivity (Wildman–Crippen MR) is 78.4 cm³/mol. The molecule has 106 valence electrons. The molecule has 1 aliphatic carbocycles. The molecule has 0 bridgehead atoms. The van der Waals surface area contributed by atoms with Crippen LogP contribution < -0.4 is 10.6 Å². The van der Waals surface area contributed by atoms with Gasteiger partial charge >= 0.3 is 0 Å². The van der Waals surface area contributed by atoms with Crippen molar-refractivity contribution in [2.75, 3.05) is 5.32 Å². The van der Waals surface area contributed by atoms with Gasteiger partial charge in [-0.3, -0.25) is 10.1 Å². The monoisotopic (exact) mass is 282 g/mol. The highest BCUT2D eigenvalue weighted by Gasteiger charge is 2.34. The van der Waals surface area contributed by atoms with Crippen molar-refractivity contribution in [3.8, 4) is 0 Å². The molecule has 2 unspecified atom stereocenters. The molecule has 0 aromatic heterocycles. The molecule has 0 fully saturated rings. The highest BCUT2D eigenvalue weighted by molar-refractivity contribution is 6.02. The summed E-state index contributed by atoms with van der Waals surface area (Å²) in [7, 11) is 0. The van der Waals surface area contributed by atoms with Gasteiger partial charge in [-0.15, -0.1) is 0 Å². The SMILES string of the molecule is O=C1Nc2cc(F)ccc2C1NC1CCc2ccccc21. The van der Waals surface area contributed by atoms with Crippen molar-refractivity contribution < 1.29 is 9.18 Å². The fourth-order valence-corrected chi connectivity index (χ4v) is 3.33. The Bertz CT molecular complexity index is 728. The average Bonchev–Trinajstić information content (AvgIpc) is 3.01. The lowest BCUT2D eigenvalue weighted by Gasteiger charge is -2.18. The first-order chi connectivity index (χ1) is 10.2. The second-order valence-electron chi connectivity index (χ2n) is 5.61. The molecule has 2 aromatic rings. The van der Waals surface area contributed by atoms with Crippen LogP contribution in [0.4, 0.5) is 10.1 Å². The third-order valence-electron chi connectivity index (χ3n) is 4.35. The number of anilines is 1. The first-order valence-corrected chi connectivity index (χ1v) is 7.16. The number of aryl methyl sites for hydroxylation is 1. The van der Waals surface area contributed by atoms with E-state index >= 15 is 0 Å². The molecule has 2 N–H and O–H groups in total. The van der Waals surface area contributed by atoms with Crippen LogP contribution in [0.15, 0.2) is 42.5 Å². The van der Waals surface area contributed by atoms with Gasteiger partial charge in [-0.2, -0.15) is 0 Å². The molecule has 2 aromatic carbocycles. The molecule has 0 spiro atoms. The van der Waals surface area contributed by atoms with Crippen LogP contribution in [0.1, 0.15) is 35.2 Å². The lowest BCUT2D eigenvalue weighted by Crippen LogP contribution is -2.30. The Balaban J connectivity index is 1.63. The minimum Gasteiger partial charge on any atom is -0.324 e. The van der Waals surface area contributed by atoms with E-state index in [0.29, 0.717) is 5.69 Å². The van der Waals surface area contributed by atoms with Crippen molar-refractivity contribution >= 4 is 11.6 Å². The number of halogens is 1.